The summed E-state index contributed by atoms with van der Waals surface area (Å²) in [6.45, 7) is 4.01. The fourth-order valence-corrected chi connectivity index (χ4v) is 3.07. The fraction of sp³-hybridized carbons (Fsp3) is 0.158. The third-order valence-corrected chi connectivity index (χ3v) is 4.23. The van der Waals surface area contributed by atoms with Gasteiger partial charge in [0.25, 0.3) is 11.7 Å². The Hall–Kier alpha value is -2.59. The smallest absolute Gasteiger partial charge is 0.299 e. The van der Waals surface area contributed by atoms with Gasteiger partial charge in [-0.05, 0) is 38.1 Å². The van der Waals surface area contributed by atoms with E-state index in [2.05, 4.69) is 4.98 Å². The predicted octanol–water partition coefficient (Wildman–Crippen LogP) is 4.37. The zero-order valence-corrected chi connectivity index (χ0v) is 14.2. The second-order valence-electron chi connectivity index (χ2n) is 5.53. The number of hydrogen-bond donors (Lipinski definition) is 1. The van der Waals surface area contributed by atoms with Crippen molar-refractivity contribution in [3.63, 3.8) is 0 Å². The number of ketones is 1. The number of likely N-dealkylation sites (N-methyl/N-ethyl adjacent to an activating group) is 1. The molecule has 0 aliphatic heterocycles. The van der Waals surface area contributed by atoms with E-state index in [0.717, 1.165) is 10.9 Å². The highest BCUT2D eigenvalue weighted by Crippen LogP contribution is 2.25. The van der Waals surface area contributed by atoms with E-state index in [1.165, 1.54) is 4.90 Å². The van der Waals surface area contributed by atoms with Crippen molar-refractivity contribution in [1.29, 1.82) is 0 Å². The minimum Gasteiger partial charge on any atom is -0.358 e. The highest BCUT2D eigenvalue weighted by Gasteiger charge is 2.27. The maximum atomic E-state index is 12.9. The van der Waals surface area contributed by atoms with Crippen molar-refractivity contribution in [1.82, 2.24) is 4.98 Å². The van der Waals surface area contributed by atoms with Crippen molar-refractivity contribution in [2.24, 2.45) is 0 Å². The summed E-state index contributed by atoms with van der Waals surface area (Å²) in [6.07, 6.45) is 0. The van der Waals surface area contributed by atoms with Crippen LogP contribution in [-0.4, -0.2) is 23.2 Å². The number of aryl methyl sites for hydroxylation is 1. The third kappa shape index (κ3) is 2.81. The highest BCUT2D eigenvalue weighted by atomic mass is 35.5. The van der Waals surface area contributed by atoms with E-state index >= 15 is 0 Å². The number of amides is 1. The molecule has 1 aromatic heterocycles. The van der Waals surface area contributed by atoms with Crippen LogP contribution in [0.4, 0.5) is 5.69 Å². The molecule has 0 saturated heterocycles. The van der Waals surface area contributed by atoms with E-state index in [1.54, 1.807) is 31.2 Å². The lowest BCUT2D eigenvalue weighted by atomic mass is 10.1. The number of nitrogens with zero attached hydrogens (tertiary/aromatic N) is 1. The Bertz CT molecular complexity index is 930. The monoisotopic (exact) mass is 340 g/mol. The second kappa shape index (κ2) is 6.49. The lowest BCUT2D eigenvalue weighted by Crippen LogP contribution is -2.36. The van der Waals surface area contributed by atoms with Crippen LogP contribution in [0, 0.1) is 6.92 Å². The van der Waals surface area contributed by atoms with Gasteiger partial charge in [0.15, 0.2) is 0 Å². The average molecular weight is 341 g/mol. The molecule has 0 bridgehead atoms. The zero-order chi connectivity index (χ0) is 17.3. The van der Waals surface area contributed by atoms with Crippen molar-refractivity contribution in [2.75, 3.05) is 11.4 Å². The summed E-state index contributed by atoms with van der Waals surface area (Å²) in [4.78, 5) is 30.3. The molecule has 0 atom stereocenters. The van der Waals surface area contributed by atoms with Crippen LogP contribution < -0.4 is 4.90 Å². The molecule has 0 unspecified atom stereocenters. The van der Waals surface area contributed by atoms with Gasteiger partial charge in [-0.1, -0.05) is 35.9 Å². The summed E-state index contributed by atoms with van der Waals surface area (Å²) in [6, 6.07) is 14.4. The van der Waals surface area contributed by atoms with E-state index in [9.17, 15) is 9.59 Å². The first kappa shape index (κ1) is 16.3. The van der Waals surface area contributed by atoms with Crippen LogP contribution >= 0.6 is 11.6 Å². The molecular formula is C19H17ClN2O2. The number of fused-ring (bicyclic) bond motifs is 1. The van der Waals surface area contributed by atoms with Crippen LogP contribution in [0.3, 0.4) is 0 Å². The van der Waals surface area contributed by atoms with Gasteiger partial charge >= 0.3 is 0 Å². The number of nitrogens with one attached hydrogen (secondary N) is 1. The number of H-pyrrole nitrogens is 1. The molecule has 4 nitrogen and oxygen atoms in total. The number of aromatic amines is 1. The first-order valence-corrected chi connectivity index (χ1v) is 8.09. The Balaban J connectivity index is 2.01. The standard InChI is InChI=1S/C19H17ClN2O2/c1-3-22(14-8-6-7-13(20)11-14)19(24)18(23)17-12(2)21-16-10-5-4-9-15(16)17/h4-11,21H,3H2,1-2H3. The van der Waals surface area contributed by atoms with Crippen molar-refractivity contribution in [2.45, 2.75) is 13.8 Å². The SMILES string of the molecule is CCN(C(=O)C(=O)c1c(C)[nH]c2ccccc12)c1cccc(Cl)c1. The number of rotatable bonds is 4. The Morgan fingerprint density at radius 1 is 1.12 bits per heavy atom. The molecule has 1 amide bonds. The molecule has 122 valence electrons. The molecule has 0 fully saturated rings. The number of aromatic nitrogens is 1. The highest BCUT2D eigenvalue weighted by molar-refractivity contribution is 6.49. The first-order valence-electron chi connectivity index (χ1n) is 7.72. The van der Waals surface area contributed by atoms with Crippen LogP contribution in [0.15, 0.2) is 48.5 Å². The number of hydrogen-bond acceptors (Lipinski definition) is 2. The van der Waals surface area contributed by atoms with E-state index in [0.29, 0.717) is 28.5 Å². The Kier molecular flexibility index (Phi) is 4.40. The van der Waals surface area contributed by atoms with Crippen LogP contribution in [0.25, 0.3) is 10.9 Å². The molecule has 2 aromatic carbocycles. The van der Waals surface area contributed by atoms with E-state index in [-0.39, 0.29) is 0 Å². The molecule has 0 radical (unpaired) electrons. The van der Waals surface area contributed by atoms with Gasteiger partial charge < -0.3 is 9.88 Å². The molecule has 5 heteroatoms. The summed E-state index contributed by atoms with van der Waals surface area (Å²) in [5, 5.41) is 1.28. The molecule has 0 spiro atoms. The van der Waals surface area contributed by atoms with Gasteiger partial charge in [-0.15, -0.1) is 0 Å². The molecule has 1 heterocycles. The maximum absolute atomic E-state index is 12.9. The molecule has 0 saturated carbocycles. The van der Waals surface area contributed by atoms with Crippen LogP contribution in [0.2, 0.25) is 5.02 Å². The Morgan fingerprint density at radius 2 is 1.88 bits per heavy atom. The molecule has 24 heavy (non-hydrogen) atoms. The molecule has 0 aliphatic rings. The van der Waals surface area contributed by atoms with Gasteiger partial charge in [-0.2, -0.15) is 0 Å². The van der Waals surface area contributed by atoms with Gasteiger partial charge in [0.1, 0.15) is 0 Å². The Labute approximate surface area is 145 Å². The second-order valence-corrected chi connectivity index (χ2v) is 5.97. The van der Waals surface area contributed by atoms with Gasteiger partial charge in [0, 0.05) is 33.9 Å². The molecule has 3 rings (SSSR count). The average Bonchev–Trinajstić information content (AvgIpc) is 2.90. The fourth-order valence-electron chi connectivity index (χ4n) is 2.89. The van der Waals surface area contributed by atoms with Crippen molar-refractivity contribution >= 4 is 39.9 Å². The number of anilines is 1. The number of carbonyl (C=O) groups is 2. The first-order chi connectivity index (χ1) is 11.5. The van der Waals surface area contributed by atoms with Crippen LogP contribution in [-0.2, 0) is 4.79 Å². The number of para-hydroxylation sites is 1. The van der Waals surface area contributed by atoms with Gasteiger partial charge in [-0.25, -0.2) is 0 Å². The van der Waals surface area contributed by atoms with Crippen molar-refractivity contribution < 1.29 is 9.59 Å². The van der Waals surface area contributed by atoms with E-state index < -0.39 is 11.7 Å². The number of carbonyl (C=O) groups excluding carboxylic acids is 2. The number of halogens is 1. The maximum Gasteiger partial charge on any atom is 0.299 e. The molecule has 1 N–H and O–H groups in total. The van der Waals surface area contributed by atoms with E-state index in [1.807, 2.05) is 31.2 Å². The van der Waals surface area contributed by atoms with E-state index in [4.69, 9.17) is 11.6 Å². The zero-order valence-electron chi connectivity index (χ0n) is 13.5. The summed E-state index contributed by atoms with van der Waals surface area (Å²) in [7, 11) is 0. The molecule has 0 aliphatic carbocycles. The normalized spacial score (nSPS) is 10.8. The minimum absolute atomic E-state index is 0.381. The minimum atomic E-state index is -0.562. The summed E-state index contributed by atoms with van der Waals surface area (Å²) in [5.41, 5.74) is 2.57. The van der Waals surface area contributed by atoms with Crippen LogP contribution in [0.1, 0.15) is 23.0 Å². The Morgan fingerprint density at radius 3 is 2.58 bits per heavy atom. The largest absolute Gasteiger partial charge is 0.358 e. The topological polar surface area (TPSA) is 53.2 Å². The lowest BCUT2D eigenvalue weighted by Gasteiger charge is -2.20. The summed E-state index contributed by atoms with van der Waals surface area (Å²) < 4.78 is 0. The molecule has 3 aromatic rings. The molecular weight excluding hydrogens is 324 g/mol. The quantitative estimate of drug-likeness (QED) is 0.566. The third-order valence-electron chi connectivity index (χ3n) is 4.00. The number of Topliss-reactive ketones (excluding diaryl/α,β-unsaturated/α-hetero) is 1. The predicted molar refractivity (Wildman–Crippen MR) is 96.8 cm³/mol. The van der Waals surface area contributed by atoms with Crippen molar-refractivity contribution in [3.8, 4) is 0 Å². The number of benzene rings is 2. The summed E-state index contributed by atoms with van der Waals surface area (Å²) >= 11 is 6.01. The van der Waals surface area contributed by atoms with Gasteiger partial charge in [0.05, 0.1) is 5.56 Å². The summed E-state index contributed by atoms with van der Waals surface area (Å²) in [5.74, 6) is -1.08. The van der Waals surface area contributed by atoms with Gasteiger partial charge in [-0.3, -0.25) is 9.59 Å². The van der Waals surface area contributed by atoms with Gasteiger partial charge in [0.2, 0.25) is 0 Å². The van der Waals surface area contributed by atoms with Crippen LogP contribution in [0.5, 0.6) is 0 Å². The van der Waals surface area contributed by atoms with Crippen molar-refractivity contribution in [3.05, 3.63) is 64.8 Å². The lowest BCUT2D eigenvalue weighted by molar-refractivity contribution is -0.114.